The molecular formula is C61H67N3O7S4. The Morgan fingerprint density at radius 3 is 1.96 bits per heavy atom. The van der Waals surface area contributed by atoms with Gasteiger partial charge in [-0.2, -0.15) is 22.8 Å². The van der Waals surface area contributed by atoms with E-state index < -0.39 is 20.2 Å². The number of nitrogens with zero attached hydrogens (tertiary/aromatic N) is 2. The fraction of sp³-hybridized carbons (Fsp3) is 0.295. The van der Waals surface area contributed by atoms with Crippen LogP contribution in [0.25, 0.3) is 33.4 Å². The number of unbranched alkanes of at least 4 members (excludes halogenated alkanes) is 1. The number of rotatable bonds is 24. The molecule has 1 N–H and O–H groups in total. The Hall–Kier alpha value is -5.71. The third kappa shape index (κ3) is 13.6. The van der Waals surface area contributed by atoms with E-state index in [1.54, 1.807) is 42.1 Å². The van der Waals surface area contributed by atoms with Crippen LogP contribution in [0, 0.1) is 33.6 Å². The lowest BCUT2D eigenvalue weighted by Crippen LogP contribution is -2.29. The molecule has 0 bridgehead atoms. The van der Waals surface area contributed by atoms with Crippen LogP contribution in [0.5, 0.6) is 0 Å². The first-order valence-corrected chi connectivity index (χ1v) is 30.6. The highest BCUT2D eigenvalue weighted by Gasteiger charge is 2.27. The molecule has 0 saturated heterocycles. The van der Waals surface area contributed by atoms with Gasteiger partial charge in [0.2, 0.25) is 11.0 Å². The van der Waals surface area contributed by atoms with Crippen molar-refractivity contribution in [2.75, 3.05) is 36.0 Å². The van der Waals surface area contributed by atoms with Crippen molar-refractivity contribution in [1.29, 1.82) is 0 Å². The molecule has 8 rings (SSSR count). The summed E-state index contributed by atoms with van der Waals surface area (Å²) in [6.45, 7) is 14.1. The zero-order chi connectivity index (χ0) is 53.1. The lowest BCUT2D eigenvalue weighted by molar-refractivity contribution is 0.179. The largest absolute Gasteiger partial charge is 0.744 e. The van der Waals surface area contributed by atoms with Gasteiger partial charge in [-0.1, -0.05) is 106 Å². The van der Waals surface area contributed by atoms with Crippen molar-refractivity contribution >= 4 is 71.8 Å². The number of hydrogen-bond donors (Lipinski definition) is 1. The van der Waals surface area contributed by atoms with Gasteiger partial charge in [-0.15, -0.1) is 23.5 Å². The number of anilines is 2. The summed E-state index contributed by atoms with van der Waals surface area (Å²) in [5.74, 6) is 2.50. The topological polar surface area (TPSA) is 132 Å². The summed E-state index contributed by atoms with van der Waals surface area (Å²) < 4.78 is 81.2. The molecule has 6 aromatic rings. The van der Waals surface area contributed by atoms with E-state index in [2.05, 4.69) is 97.2 Å². The molecule has 1 aliphatic heterocycles. The summed E-state index contributed by atoms with van der Waals surface area (Å²) in [5.41, 5.74) is 11.3. The van der Waals surface area contributed by atoms with Crippen molar-refractivity contribution in [2.45, 2.75) is 99.6 Å². The Bertz CT molecular complexity index is 3470. The molecule has 0 spiro atoms. The second kappa shape index (κ2) is 25.4. The summed E-state index contributed by atoms with van der Waals surface area (Å²) in [5, 5.41) is 1.44. The lowest BCUT2D eigenvalue weighted by atomic mass is 9.93. The van der Waals surface area contributed by atoms with E-state index in [0.717, 1.165) is 101 Å². The quantitative estimate of drug-likeness (QED) is 0.0155. The Morgan fingerprint density at radius 1 is 0.680 bits per heavy atom. The van der Waals surface area contributed by atoms with Crippen molar-refractivity contribution < 1.29 is 30.1 Å². The van der Waals surface area contributed by atoms with E-state index in [-0.39, 0.29) is 15.4 Å². The minimum Gasteiger partial charge on any atom is -0.744 e. The van der Waals surface area contributed by atoms with E-state index in [1.807, 2.05) is 86.3 Å². The molecule has 1 heterocycles. The van der Waals surface area contributed by atoms with E-state index in [4.69, 9.17) is 8.70 Å². The predicted molar refractivity (Wildman–Crippen MR) is 308 cm³/mol. The van der Waals surface area contributed by atoms with Crippen molar-refractivity contribution in [3.63, 3.8) is 0 Å². The van der Waals surface area contributed by atoms with Crippen LogP contribution in [0.3, 0.4) is 0 Å². The van der Waals surface area contributed by atoms with Gasteiger partial charge in [0, 0.05) is 91.8 Å². The predicted octanol–water partition coefficient (Wildman–Crippen LogP) is 14.4. The monoisotopic (exact) mass is 1080 g/mol. The molecule has 0 aromatic heterocycles. The Kier molecular flexibility index (Phi) is 18.8. The smallest absolute Gasteiger partial charge is 0.312 e. The minimum absolute atomic E-state index is 0.0623. The van der Waals surface area contributed by atoms with Gasteiger partial charge in [-0.25, -0.2) is 8.42 Å². The normalized spacial score (nSPS) is 12.8. The molecule has 10 nitrogen and oxygen atoms in total. The Labute approximate surface area is 452 Å². The van der Waals surface area contributed by atoms with Gasteiger partial charge >= 0.3 is 10.1 Å². The SMILES string of the molecule is CCCCC(CC)CNOS(=O)(=O)c1cc(C)c([N+](CCCSc2ccccc2)=c2ccc3c(-c4ccccc4S(=O)(=O)[O-])c4ccc(N(CCCSc5ccccc5)c5c(C)cccc5C)cc4oc-3c2)c(C)c1. The second-order valence-corrected chi connectivity index (χ2v) is 24.3. The minimum atomic E-state index is -4.90. The van der Waals surface area contributed by atoms with Crippen LogP contribution in [0.4, 0.5) is 17.1 Å². The number of para-hydroxylation sites is 1. The standard InChI is InChI=1S/C61H67N3O7S4/c1-7-9-23-47(8-2)42-62-71-75(68,69)52-38-45(5)61(46(6)39-52)64(35-20-37-73-51-26-14-11-15-27-51)49-31-33-54-57(41-49)70-56-40-48(30-32-53(56)59(54)55-28-16-17-29-58(55)74(65,66)67)63(60-43(3)21-18-22-44(60)4)34-19-36-72-50-24-12-10-13-25-50/h10-18,21-22,24-33,38-41,47,62H,7-9,19-20,23,34-37,42H2,1-6H3. The number of fused-ring (bicyclic) bond motifs is 2. The van der Waals surface area contributed by atoms with Crippen LogP contribution in [-0.4, -0.2) is 52.5 Å². The van der Waals surface area contributed by atoms with Gasteiger partial charge in [0.05, 0.1) is 15.9 Å². The summed E-state index contributed by atoms with van der Waals surface area (Å²) in [4.78, 5) is 4.46. The third-order valence-electron chi connectivity index (χ3n) is 13.6. The van der Waals surface area contributed by atoms with Crippen molar-refractivity contribution in [2.24, 2.45) is 5.92 Å². The first-order valence-electron chi connectivity index (χ1n) is 25.8. The molecule has 0 radical (unpaired) electrons. The lowest BCUT2D eigenvalue weighted by Gasteiger charge is -2.29. The fourth-order valence-corrected chi connectivity index (χ4v) is 13.3. The maximum absolute atomic E-state index is 13.7. The zero-order valence-corrected chi connectivity index (χ0v) is 46.9. The average Bonchev–Trinajstić information content (AvgIpc) is 3.40. The number of hydroxylamine groups is 1. The molecule has 392 valence electrons. The first kappa shape index (κ1) is 55.5. The summed E-state index contributed by atoms with van der Waals surface area (Å²) in [7, 11) is -9.06. The van der Waals surface area contributed by atoms with Crippen molar-refractivity contribution in [1.82, 2.24) is 10.1 Å². The van der Waals surface area contributed by atoms with Gasteiger partial charge in [-0.3, -0.25) is 0 Å². The Balaban J connectivity index is 1.28. The van der Waals surface area contributed by atoms with E-state index >= 15 is 0 Å². The van der Waals surface area contributed by atoms with E-state index in [1.165, 1.54) is 15.9 Å². The highest BCUT2D eigenvalue weighted by molar-refractivity contribution is 7.99. The summed E-state index contributed by atoms with van der Waals surface area (Å²) in [6.07, 6.45) is 5.71. The highest BCUT2D eigenvalue weighted by Crippen LogP contribution is 2.44. The zero-order valence-electron chi connectivity index (χ0n) is 43.7. The van der Waals surface area contributed by atoms with Crippen LogP contribution in [0.2, 0.25) is 0 Å². The van der Waals surface area contributed by atoms with Gasteiger partial charge in [0.1, 0.15) is 28.0 Å². The molecule has 6 aromatic carbocycles. The summed E-state index contributed by atoms with van der Waals surface area (Å²) >= 11 is 3.59. The van der Waals surface area contributed by atoms with E-state index in [0.29, 0.717) is 46.9 Å². The number of aryl methyl sites for hydroxylation is 4. The second-order valence-electron chi connectivity index (χ2n) is 19.1. The first-order chi connectivity index (χ1) is 36.2. The van der Waals surface area contributed by atoms with Crippen molar-refractivity contribution in [3.05, 3.63) is 179 Å². The molecule has 2 aliphatic rings. The van der Waals surface area contributed by atoms with Crippen LogP contribution in [-0.2, 0) is 24.5 Å². The third-order valence-corrected chi connectivity index (χ3v) is 17.9. The molecule has 0 amide bonds. The molecule has 0 fully saturated rings. The molecule has 14 heteroatoms. The van der Waals surface area contributed by atoms with Crippen LogP contribution in [0.15, 0.2) is 176 Å². The van der Waals surface area contributed by atoms with E-state index in [9.17, 15) is 21.4 Å². The number of hydrogen-bond acceptors (Lipinski definition) is 11. The number of nitrogens with one attached hydrogen (secondary N) is 1. The molecular weight excluding hydrogens is 1010 g/mol. The molecule has 1 atom stereocenters. The van der Waals surface area contributed by atoms with Gasteiger partial charge in [0.25, 0.3) is 0 Å². The maximum atomic E-state index is 13.7. The number of thioether (sulfide) groups is 2. The van der Waals surface area contributed by atoms with Crippen LogP contribution >= 0.6 is 23.5 Å². The van der Waals surface area contributed by atoms with Gasteiger partial charge in [0.15, 0.2) is 0 Å². The molecule has 1 unspecified atom stereocenters. The molecule has 1 aliphatic carbocycles. The van der Waals surface area contributed by atoms with Crippen LogP contribution in [0.1, 0.15) is 74.6 Å². The highest BCUT2D eigenvalue weighted by atomic mass is 32.2. The summed E-state index contributed by atoms with van der Waals surface area (Å²) in [6, 6.07) is 48.6. The maximum Gasteiger partial charge on any atom is 0.312 e. The molecule has 75 heavy (non-hydrogen) atoms. The fourth-order valence-electron chi connectivity index (χ4n) is 9.92. The molecule has 0 saturated carbocycles. The van der Waals surface area contributed by atoms with Crippen LogP contribution < -0.4 is 20.3 Å². The Morgan fingerprint density at radius 2 is 1.32 bits per heavy atom. The average molecular weight is 1080 g/mol. The number of benzene rings is 7. The van der Waals surface area contributed by atoms with Crippen molar-refractivity contribution in [3.8, 4) is 22.5 Å². The van der Waals surface area contributed by atoms with Gasteiger partial charge in [-0.05, 0) is 124 Å². The van der Waals surface area contributed by atoms with Gasteiger partial charge < -0.3 is 13.9 Å².